The van der Waals surface area contributed by atoms with E-state index in [1.165, 1.54) is 0 Å². The number of rotatable bonds is 4. The number of nitrogens with one attached hydrogen (secondary N) is 2. The highest BCUT2D eigenvalue weighted by atomic mass is 79.9. The molecular weight excluding hydrogens is 328 g/mol. The van der Waals surface area contributed by atoms with Gasteiger partial charge < -0.3 is 10.6 Å². The Balaban J connectivity index is 2.17. The summed E-state index contributed by atoms with van der Waals surface area (Å²) in [5.41, 5.74) is 0.304. The number of hydrogen-bond donors (Lipinski definition) is 2. The number of benzene rings is 1. The number of amides is 1. The van der Waals surface area contributed by atoms with E-state index in [4.69, 9.17) is 11.6 Å². The van der Waals surface area contributed by atoms with Gasteiger partial charge in [0, 0.05) is 9.50 Å². The highest BCUT2D eigenvalue weighted by Crippen LogP contribution is 2.30. The Hall–Kier alpha value is -0.580. The Morgan fingerprint density at radius 1 is 1.58 bits per heavy atom. The van der Waals surface area contributed by atoms with Crippen LogP contribution in [0.1, 0.15) is 32.6 Å². The van der Waals surface area contributed by atoms with Crippen LogP contribution >= 0.6 is 27.5 Å². The molecule has 1 amide bonds. The van der Waals surface area contributed by atoms with Gasteiger partial charge in [-0.2, -0.15) is 0 Å². The van der Waals surface area contributed by atoms with Crippen LogP contribution in [0.2, 0.25) is 5.02 Å². The molecule has 1 fully saturated rings. The van der Waals surface area contributed by atoms with Crippen molar-refractivity contribution in [2.45, 2.75) is 38.1 Å². The third kappa shape index (κ3) is 3.30. The molecule has 0 bridgehead atoms. The topological polar surface area (TPSA) is 41.1 Å². The van der Waals surface area contributed by atoms with Crippen molar-refractivity contribution in [3.8, 4) is 0 Å². The predicted octanol–water partition coefficient (Wildman–Crippen LogP) is 3.96. The van der Waals surface area contributed by atoms with Crippen LogP contribution in [0.3, 0.4) is 0 Å². The van der Waals surface area contributed by atoms with Gasteiger partial charge >= 0.3 is 0 Å². The first-order valence-corrected chi connectivity index (χ1v) is 7.76. The van der Waals surface area contributed by atoms with Crippen molar-refractivity contribution in [3.05, 3.63) is 27.7 Å². The lowest BCUT2D eigenvalue weighted by Gasteiger charge is -2.28. The average Bonchev–Trinajstić information content (AvgIpc) is 2.84. The SMILES string of the molecule is CCCC1(C(=O)Nc2cc(Cl)ccc2Br)CCCN1. The van der Waals surface area contributed by atoms with Crippen molar-refractivity contribution in [2.24, 2.45) is 0 Å². The van der Waals surface area contributed by atoms with Crippen LogP contribution in [0.4, 0.5) is 5.69 Å². The fourth-order valence-corrected chi connectivity index (χ4v) is 3.11. The summed E-state index contributed by atoms with van der Waals surface area (Å²) in [6.07, 6.45) is 3.78. The number of halogens is 2. The van der Waals surface area contributed by atoms with E-state index in [1.807, 2.05) is 6.07 Å². The van der Waals surface area contributed by atoms with Crippen molar-refractivity contribution >= 4 is 39.1 Å². The first-order valence-electron chi connectivity index (χ1n) is 6.59. The maximum atomic E-state index is 12.6. The summed E-state index contributed by atoms with van der Waals surface area (Å²) in [4.78, 5) is 12.6. The highest BCUT2D eigenvalue weighted by molar-refractivity contribution is 9.10. The van der Waals surface area contributed by atoms with Gasteiger partial charge in [0.2, 0.25) is 5.91 Å². The molecule has 1 saturated heterocycles. The molecule has 1 aliphatic heterocycles. The molecule has 1 aromatic carbocycles. The quantitative estimate of drug-likeness (QED) is 0.867. The first kappa shape index (κ1) is 14.8. The van der Waals surface area contributed by atoms with Crippen molar-refractivity contribution < 1.29 is 4.79 Å². The lowest BCUT2D eigenvalue weighted by atomic mass is 9.91. The van der Waals surface area contributed by atoms with Crippen molar-refractivity contribution in [3.63, 3.8) is 0 Å². The fraction of sp³-hybridized carbons (Fsp3) is 0.500. The van der Waals surface area contributed by atoms with E-state index in [0.29, 0.717) is 5.02 Å². The molecule has 1 unspecified atom stereocenters. The summed E-state index contributed by atoms with van der Waals surface area (Å²) in [5.74, 6) is 0.0369. The lowest BCUT2D eigenvalue weighted by Crippen LogP contribution is -2.50. The molecule has 3 nitrogen and oxygen atoms in total. The molecule has 0 aliphatic carbocycles. The van der Waals surface area contributed by atoms with E-state index in [1.54, 1.807) is 12.1 Å². The molecule has 1 aliphatic rings. The van der Waals surface area contributed by atoms with Crippen LogP contribution in [0.25, 0.3) is 0 Å². The van der Waals surface area contributed by atoms with Gasteiger partial charge in [0.05, 0.1) is 11.2 Å². The van der Waals surface area contributed by atoms with Crippen LogP contribution in [-0.2, 0) is 4.79 Å². The molecule has 19 heavy (non-hydrogen) atoms. The summed E-state index contributed by atoms with van der Waals surface area (Å²) in [6, 6.07) is 5.39. The fourth-order valence-electron chi connectivity index (χ4n) is 2.59. The third-order valence-corrected chi connectivity index (χ3v) is 4.46. The van der Waals surface area contributed by atoms with Gasteiger partial charge in [-0.1, -0.05) is 24.9 Å². The third-order valence-electron chi connectivity index (χ3n) is 3.53. The smallest absolute Gasteiger partial charge is 0.244 e. The van der Waals surface area contributed by atoms with E-state index in [2.05, 4.69) is 33.5 Å². The van der Waals surface area contributed by atoms with Crippen molar-refractivity contribution in [1.29, 1.82) is 0 Å². The van der Waals surface area contributed by atoms with Gasteiger partial charge in [0.1, 0.15) is 0 Å². The second-order valence-corrected chi connectivity index (χ2v) is 6.23. The van der Waals surface area contributed by atoms with Gasteiger partial charge in [-0.3, -0.25) is 4.79 Å². The monoisotopic (exact) mass is 344 g/mol. The Bertz CT molecular complexity index is 473. The molecule has 0 radical (unpaired) electrons. The summed E-state index contributed by atoms with van der Waals surface area (Å²) in [6.45, 7) is 3.01. The molecule has 1 heterocycles. The second kappa shape index (κ2) is 6.25. The van der Waals surface area contributed by atoms with Crippen molar-refractivity contribution in [1.82, 2.24) is 5.32 Å². The van der Waals surface area contributed by atoms with Gasteiger partial charge in [0.15, 0.2) is 0 Å². The summed E-state index contributed by atoms with van der Waals surface area (Å²) < 4.78 is 0.842. The van der Waals surface area contributed by atoms with Crippen LogP contribution in [0, 0.1) is 0 Å². The van der Waals surface area contributed by atoms with Gasteiger partial charge in [-0.15, -0.1) is 0 Å². The number of hydrogen-bond acceptors (Lipinski definition) is 2. The van der Waals surface area contributed by atoms with E-state index >= 15 is 0 Å². The standard InChI is InChI=1S/C14H18BrClN2O/c1-2-6-14(7-3-8-17-14)13(19)18-12-9-10(16)4-5-11(12)15/h4-5,9,17H,2-3,6-8H2,1H3,(H,18,19). The maximum Gasteiger partial charge on any atom is 0.244 e. The minimum Gasteiger partial charge on any atom is -0.323 e. The zero-order chi connectivity index (χ0) is 13.9. The van der Waals surface area contributed by atoms with E-state index in [9.17, 15) is 4.79 Å². The van der Waals surface area contributed by atoms with E-state index in [0.717, 1.165) is 42.4 Å². The minimum atomic E-state index is -0.420. The Kier molecular flexibility index (Phi) is 4.87. The molecule has 2 rings (SSSR count). The highest BCUT2D eigenvalue weighted by Gasteiger charge is 2.40. The number of carbonyl (C=O) groups excluding carboxylic acids is 1. The molecule has 5 heteroatoms. The molecule has 0 spiro atoms. The van der Waals surface area contributed by atoms with Gasteiger partial charge in [0.25, 0.3) is 0 Å². The molecule has 2 N–H and O–H groups in total. The van der Waals surface area contributed by atoms with E-state index in [-0.39, 0.29) is 5.91 Å². The molecule has 0 aromatic heterocycles. The largest absolute Gasteiger partial charge is 0.323 e. The summed E-state index contributed by atoms with van der Waals surface area (Å²) in [7, 11) is 0. The lowest BCUT2D eigenvalue weighted by molar-refractivity contribution is -0.122. The van der Waals surface area contributed by atoms with Crippen LogP contribution in [0.5, 0.6) is 0 Å². The van der Waals surface area contributed by atoms with Crippen molar-refractivity contribution in [2.75, 3.05) is 11.9 Å². The number of anilines is 1. The van der Waals surface area contributed by atoms with Gasteiger partial charge in [-0.25, -0.2) is 0 Å². The molecule has 104 valence electrons. The molecule has 1 aromatic rings. The Morgan fingerprint density at radius 3 is 3.00 bits per heavy atom. The van der Waals surface area contributed by atoms with E-state index < -0.39 is 5.54 Å². The average molecular weight is 346 g/mol. The zero-order valence-electron chi connectivity index (χ0n) is 10.9. The minimum absolute atomic E-state index is 0.0369. The molecular formula is C14H18BrClN2O. The number of carbonyl (C=O) groups is 1. The normalized spacial score (nSPS) is 22.5. The predicted molar refractivity (Wildman–Crippen MR) is 82.7 cm³/mol. The first-order chi connectivity index (χ1) is 9.07. The molecule has 0 saturated carbocycles. The second-order valence-electron chi connectivity index (χ2n) is 4.94. The Morgan fingerprint density at radius 2 is 2.37 bits per heavy atom. The van der Waals surface area contributed by atoms with Crippen LogP contribution in [0.15, 0.2) is 22.7 Å². The summed E-state index contributed by atoms with van der Waals surface area (Å²) in [5, 5.41) is 6.96. The van der Waals surface area contributed by atoms with Gasteiger partial charge in [-0.05, 0) is 59.9 Å². The van der Waals surface area contributed by atoms with Crippen LogP contribution in [-0.4, -0.2) is 18.0 Å². The summed E-state index contributed by atoms with van der Waals surface area (Å²) >= 11 is 9.40. The Labute approximate surface area is 127 Å². The van der Waals surface area contributed by atoms with Crippen LogP contribution < -0.4 is 10.6 Å². The maximum absolute atomic E-state index is 12.6. The zero-order valence-corrected chi connectivity index (χ0v) is 13.3. The molecule has 1 atom stereocenters.